The first kappa shape index (κ1) is 65.8. The van der Waals surface area contributed by atoms with Gasteiger partial charge in [-0.3, -0.25) is 4.68 Å². The summed E-state index contributed by atoms with van der Waals surface area (Å²) in [6, 6.07) is 27.9. The summed E-state index contributed by atoms with van der Waals surface area (Å²) in [7, 11) is 4.00. The highest BCUT2D eigenvalue weighted by molar-refractivity contribution is 8.13. The first-order valence-corrected chi connectivity index (χ1v) is 31.2. The van der Waals surface area contributed by atoms with E-state index in [9.17, 15) is 41.5 Å². The third-order valence-corrected chi connectivity index (χ3v) is 14.8. The van der Waals surface area contributed by atoms with Crippen LogP contribution < -0.4 is 15.3 Å². The lowest BCUT2D eigenvalue weighted by molar-refractivity contribution is 0.0159. The molecule has 0 bridgehead atoms. The van der Waals surface area contributed by atoms with Crippen LogP contribution >= 0.6 is 10.7 Å². The number of hydrogen-bond acceptors (Lipinski definition) is 15. The Morgan fingerprint density at radius 3 is 1.51 bits per heavy atom. The fourth-order valence-corrected chi connectivity index (χ4v) is 10.9. The summed E-state index contributed by atoms with van der Waals surface area (Å²) in [5, 5.41) is 9.94. The molecule has 0 spiro atoms. The zero-order valence-electron chi connectivity index (χ0n) is 50.0. The lowest BCUT2D eigenvalue weighted by Gasteiger charge is -2.38. The van der Waals surface area contributed by atoms with Crippen molar-refractivity contribution in [2.24, 2.45) is 11.8 Å². The van der Waals surface area contributed by atoms with E-state index in [0.29, 0.717) is 104 Å². The van der Waals surface area contributed by atoms with Gasteiger partial charge in [-0.05, 0) is 195 Å². The maximum absolute atomic E-state index is 13.2. The Morgan fingerprint density at radius 1 is 0.663 bits per heavy atom. The van der Waals surface area contributed by atoms with Crippen LogP contribution in [0.2, 0.25) is 0 Å². The summed E-state index contributed by atoms with van der Waals surface area (Å²) in [4.78, 5) is 59.5. The lowest BCUT2D eigenvalue weighted by atomic mass is 9.80. The highest BCUT2D eigenvalue weighted by Crippen LogP contribution is 2.43. The molecule has 86 heavy (non-hydrogen) atoms. The van der Waals surface area contributed by atoms with Crippen LogP contribution in [0.3, 0.4) is 0 Å². The number of nitrogens with zero attached hydrogens (tertiary/aromatic N) is 5. The Balaban J connectivity index is 0.000000228. The highest BCUT2D eigenvalue weighted by atomic mass is 35.7. The van der Waals surface area contributed by atoms with Crippen LogP contribution in [-0.2, 0) is 34.5 Å². The summed E-state index contributed by atoms with van der Waals surface area (Å²) < 4.78 is 81.6. The van der Waals surface area contributed by atoms with Gasteiger partial charge in [-0.1, -0.05) is 12.1 Å². The van der Waals surface area contributed by atoms with Crippen molar-refractivity contribution in [3.8, 4) is 45.4 Å². The zero-order valence-corrected chi connectivity index (χ0v) is 51.6. The molecule has 2 aromatic heterocycles. The third kappa shape index (κ3) is 17.9. The summed E-state index contributed by atoms with van der Waals surface area (Å²) in [5.74, 6) is 8.45. The third-order valence-electron chi connectivity index (χ3n) is 14.8. The molecule has 3 N–H and O–H groups in total. The molecule has 5 heterocycles. The van der Waals surface area contributed by atoms with Crippen LogP contribution in [0.15, 0.2) is 103 Å². The smallest absolute Gasteiger partial charge is 0.410 e. The monoisotopic (exact) mass is 1230 g/mol. The van der Waals surface area contributed by atoms with Crippen molar-refractivity contribution in [2.45, 2.75) is 116 Å². The molecule has 6 aromatic rings. The van der Waals surface area contributed by atoms with Crippen molar-refractivity contribution in [1.82, 2.24) is 24.0 Å². The molecule has 23 heteroatoms. The normalized spacial score (nSPS) is 16.0. The molecule has 2 saturated heterocycles. The number of carbonyl (C=O) groups excluding carboxylic acids is 4. The van der Waals surface area contributed by atoms with E-state index in [2.05, 4.69) is 10.7 Å². The fourth-order valence-electron chi connectivity index (χ4n) is 10.9. The minimum Gasteiger partial charge on any atom is -0.464 e. The number of esters is 2. The molecule has 2 unspecified atom stereocenters. The van der Waals surface area contributed by atoms with Gasteiger partial charge in [0.1, 0.15) is 57.4 Å². The molecule has 464 valence electrons. The topological polar surface area (TPSA) is 233 Å². The van der Waals surface area contributed by atoms with Gasteiger partial charge >= 0.3 is 24.1 Å². The molecule has 3 aliphatic heterocycles. The Hall–Kier alpha value is -7.69. The molecular formula is C63H77ClF2N6O13S. The molecule has 3 aliphatic rings. The van der Waals surface area contributed by atoms with Crippen molar-refractivity contribution >= 4 is 43.9 Å². The lowest BCUT2D eigenvalue weighted by Crippen LogP contribution is -2.43. The number of aliphatic hydroxyl groups is 1. The summed E-state index contributed by atoms with van der Waals surface area (Å²) >= 11 is 0. The number of fused-ring (bicyclic) bond motifs is 1. The number of likely N-dealkylation sites (tertiary alicyclic amines) is 2. The van der Waals surface area contributed by atoms with E-state index < -0.39 is 32.2 Å². The van der Waals surface area contributed by atoms with E-state index in [1.54, 1.807) is 46.2 Å². The van der Waals surface area contributed by atoms with Gasteiger partial charge < -0.3 is 53.7 Å². The SMILES string of the molecule is COC(=O)c1c(-c2ccc(Oc3ccc(F)cc3)cc2)cc(C(CCO)C2CCN(C(=O)OC(C)(C)C)CC2)n1N.COC(=O)c1c(-c2ccc(Oc3ccc(F)cc3)cc2)nc2n1CCCC2C1CCN(C(=O)OC(C)(C)C)CC1.CS(=O)(=O)Cl. The molecule has 0 aliphatic carbocycles. The average molecular weight is 1230 g/mol. The van der Waals surface area contributed by atoms with Gasteiger partial charge in [0.05, 0.1) is 20.5 Å². The van der Waals surface area contributed by atoms with E-state index in [1.807, 2.05) is 88.6 Å². The van der Waals surface area contributed by atoms with Gasteiger partial charge in [-0.25, -0.2) is 41.4 Å². The number of ether oxygens (including phenoxy) is 6. The van der Waals surface area contributed by atoms with Gasteiger partial charge in [-0.2, -0.15) is 0 Å². The molecule has 19 nitrogen and oxygen atoms in total. The fraction of sp³-hybridized carbons (Fsp3) is 0.444. The first-order chi connectivity index (χ1) is 40.6. The van der Waals surface area contributed by atoms with Crippen LogP contribution in [0.1, 0.15) is 131 Å². The number of rotatable bonds is 13. The number of amides is 2. The van der Waals surface area contributed by atoms with E-state index in [1.165, 1.54) is 43.2 Å². The van der Waals surface area contributed by atoms with Crippen LogP contribution in [-0.4, -0.2) is 126 Å². The maximum atomic E-state index is 13.2. The number of halogens is 3. The van der Waals surface area contributed by atoms with Crippen molar-refractivity contribution in [3.05, 3.63) is 138 Å². The average Bonchev–Trinajstić information content (AvgIpc) is 1.72. The molecule has 4 aromatic carbocycles. The number of benzene rings is 4. The predicted molar refractivity (Wildman–Crippen MR) is 321 cm³/mol. The van der Waals surface area contributed by atoms with E-state index in [4.69, 9.17) is 39.2 Å². The summed E-state index contributed by atoms with van der Waals surface area (Å²) in [5.41, 5.74) is 2.97. The van der Waals surface area contributed by atoms with Gasteiger partial charge in [0.25, 0.3) is 0 Å². The second-order valence-corrected chi connectivity index (χ2v) is 26.4. The number of nitrogen functional groups attached to an aromatic ring is 1. The number of aromatic nitrogens is 3. The largest absolute Gasteiger partial charge is 0.464 e. The minimum absolute atomic E-state index is 0.0551. The molecule has 0 saturated carbocycles. The van der Waals surface area contributed by atoms with Crippen LogP contribution in [0.25, 0.3) is 22.4 Å². The number of nitrogens with two attached hydrogens (primary N) is 1. The predicted octanol–water partition coefficient (Wildman–Crippen LogP) is 12.7. The standard InChI is InChI=1S/C31H38FN3O6.C31H36FN3O5.CH3ClO2S/c1-31(2,3)41-30(38)34-16-13-21(14-17-34)25(15-18-36)27-19-26(28(35(27)33)29(37)39-4)20-5-9-23(10-6-20)40-24-11-7-22(32)8-12-24;1-31(2,3)40-30(37)34-18-15-20(16-19-34)25-6-5-17-35-27(29(36)38-4)26(33-28(25)35)21-7-11-23(12-8-21)39-24-13-9-22(32)10-14-24;1-5(2,3)4/h5-12,19,21,25,36H,13-18,33H2,1-4H3;7-14,20,25H,5-6,15-19H2,1-4H3;1H3. The zero-order chi connectivity index (χ0) is 62.7. The number of aliphatic hydroxyl groups excluding tert-OH is 1. The summed E-state index contributed by atoms with van der Waals surface area (Å²) in [6.45, 7) is 14.1. The minimum atomic E-state index is -3.19. The Morgan fingerprint density at radius 2 is 1.08 bits per heavy atom. The van der Waals surface area contributed by atoms with Crippen LogP contribution in [0.5, 0.6) is 23.0 Å². The molecule has 9 rings (SSSR count). The first-order valence-electron chi connectivity index (χ1n) is 28.4. The van der Waals surface area contributed by atoms with Crippen LogP contribution in [0.4, 0.5) is 18.4 Å². The molecule has 2 atom stereocenters. The number of imidazole rings is 1. The van der Waals surface area contributed by atoms with Crippen LogP contribution in [0, 0.1) is 23.5 Å². The second kappa shape index (κ2) is 28.7. The number of hydrogen-bond donors (Lipinski definition) is 2. The Bertz CT molecular complexity index is 3380. The quantitative estimate of drug-likeness (QED) is 0.0474. The van der Waals surface area contributed by atoms with E-state index >= 15 is 0 Å². The molecular weight excluding hydrogens is 1150 g/mol. The number of piperidine rings is 2. The van der Waals surface area contributed by atoms with Gasteiger partial charge in [0, 0.05) is 78.7 Å². The van der Waals surface area contributed by atoms with Gasteiger partial charge in [-0.15, -0.1) is 0 Å². The Labute approximate surface area is 505 Å². The van der Waals surface area contributed by atoms with Crippen molar-refractivity contribution in [2.75, 3.05) is 59.1 Å². The van der Waals surface area contributed by atoms with Crippen molar-refractivity contribution < 1.29 is 69.9 Å². The van der Waals surface area contributed by atoms with Crippen molar-refractivity contribution in [1.29, 1.82) is 0 Å². The maximum Gasteiger partial charge on any atom is 0.410 e. The molecule has 2 fully saturated rings. The summed E-state index contributed by atoms with van der Waals surface area (Å²) in [6.07, 6.45) is 5.81. The van der Waals surface area contributed by atoms with Gasteiger partial charge in [0.15, 0.2) is 11.4 Å². The number of methoxy groups -OCH3 is 2. The van der Waals surface area contributed by atoms with E-state index in [-0.39, 0.29) is 53.9 Å². The van der Waals surface area contributed by atoms with Gasteiger partial charge in [0.2, 0.25) is 9.05 Å². The Kier molecular flexibility index (Phi) is 22.0. The van der Waals surface area contributed by atoms with Crippen molar-refractivity contribution in [3.63, 3.8) is 0 Å². The molecule has 2 amide bonds. The number of carbonyl (C=O) groups is 4. The molecule has 0 radical (unpaired) electrons. The van der Waals surface area contributed by atoms with E-state index in [0.717, 1.165) is 48.9 Å². The highest BCUT2D eigenvalue weighted by Gasteiger charge is 2.39. The second-order valence-electron chi connectivity index (χ2n) is 23.3.